The molecule has 1 aliphatic rings. The number of ether oxygens (including phenoxy) is 1. The Morgan fingerprint density at radius 2 is 2.11 bits per heavy atom. The van der Waals surface area contributed by atoms with E-state index in [0.29, 0.717) is 12.0 Å². The van der Waals surface area contributed by atoms with Gasteiger partial charge < -0.3 is 10.1 Å². The predicted molar refractivity (Wildman–Crippen MR) is 73.3 cm³/mol. The summed E-state index contributed by atoms with van der Waals surface area (Å²) >= 11 is 0. The molecule has 1 amide bonds. The maximum Gasteiger partial charge on any atom is 0.224 e. The molecule has 1 aliphatic heterocycles. The van der Waals surface area contributed by atoms with Gasteiger partial charge in [-0.15, -0.1) is 0 Å². The maximum atomic E-state index is 11.8. The van der Waals surface area contributed by atoms with Crippen LogP contribution < -0.4 is 5.32 Å². The Bertz CT molecular complexity index is 422. The molecule has 4 heteroatoms. The third kappa shape index (κ3) is 4.48. The minimum absolute atomic E-state index is 0.00646. The second-order valence-electron chi connectivity index (χ2n) is 4.82. The zero-order valence-corrected chi connectivity index (χ0v) is 10.9. The molecular weight excluding hydrogens is 242 g/mol. The van der Waals surface area contributed by atoms with Gasteiger partial charge in [-0.3, -0.25) is 9.59 Å². The normalized spacial score (nSPS) is 18.8. The molecule has 0 aliphatic carbocycles. The molecule has 1 aromatic carbocycles. The summed E-state index contributed by atoms with van der Waals surface area (Å²) < 4.78 is 5.59. The fourth-order valence-corrected chi connectivity index (χ4v) is 2.20. The Labute approximate surface area is 113 Å². The first-order valence-electron chi connectivity index (χ1n) is 6.74. The number of benzene rings is 1. The molecule has 1 unspecified atom stereocenters. The molecule has 1 saturated heterocycles. The van der Waals surface area contributed by atoms with Crippen LogP contribution in [-0.2, 0) is 9.53 Å². The van der Waals surface area contributed by atoms with E-state index in [1.165, 1.54) is 6.42 Å². The van der Waals surface area contributed by atoms with E-state index < -0.39 is 0 Å². The van der Waals surface area contributed by atoms with Crippen molar-refractivity contribution >= 4 is 17.9 Å². The molecular formula is C15H19NO3. The Balaban J connectivity index is 1.75. The van der Waals surface area contributed by atoms with Crippen molar-refractivity contribution in [3.8, 4) is 0 Å². The lowest BCUT2D eigenvalue weighted by Crippen LogP contribution is -2.21. The van der Waals surface area contributed by atoms with Crippen molar-refractivity contribution < 1.29 is 14.3 Å². The van der Waals surface area contributed by atoms with Crippen molar-refractivity contribution in [3.63, 3.8) is 0 Å². The van der Waals surface area contributed by atoms with Gasteiger partial charge in [0, 0.05) is 24.3 Å². The zero-order valence-electron chi connectivity index (χ0n) is 10.9. The molecule has 1 heterocycles. The fourth-order valence-electron chi connectivity index (χ4n) is 2.20. The van der Waals surface area contributed by atoms with Crippen molar-refractivity contribution in [2.75, 3.05) is 11.9 Å². The summed E-state index contributed by atoms with van der Waals surface area (Å²) in [7, 11) is 0. The lowest BCUT2D eigenvalue weighted by atomic mass is 10.0. The highest BCUT2D eigenvalue weighted by molar-refractivity contribution is 5.91. The average molecular weight is 261 g/mol. The molecule has 19 heavy (non-hydrogen) atoms. The number of hydrogen-bond acceptors (Lipinski definition) is 3. The van der Waals surface area contributed by atoms with Crippen molar-refractivity contribution in [2.45, 2.75) is 38.2 Å². The van der Waals surface area contributed by atoms with Crippen LogP contribution >= 0.6 is 0 Å². The van der Waals surface area contributed by atoms with E-state index in [1.807, 2.05) is 0 Å². The number of anilines is 1. The lowest BCUT2D eigenvalue weighted by Gasteiger charge is -2.22. The third-order valence-corrected chi connectivity index (χ3v) is 3.30. The Morgan fingerprint density at radius 3 is 2.74 bits per heavy atom. The second-order valence-corrected chi connectivity index (χ2v) is 4.82. The minimum atomic E-state index is -0.00646. The topological polar surface area (TPSA) is 55.4 Å². The number of aldehydes is 1. The third-order valence-electron chi connectivity index (χ3n) is 3.30. The Kier molecular flexibility index (Phi) is 5.10. The van der Waals surface area contributed by atoms with Crippen LogP contribution in [0.2, 0.25) is 0 Å². The SMILES string of the molecule is O=Cc1ccc(NC(=O)CCC2CCCCO2)cc1. The van der Waals surface area contributed by atoms with Crippen LogP contribution in [0.25, 0.3) is 0 Å². The maximum absolute atomic E-state index is 11.8. The number of amides is 1. The summed E-state index contributed by atoms with van der Waals surface area (Å²) in [4.78, 5) is 22.3. The van der Waals surface area contributed by atoms with E-state index in [9.17, 15) is 9.59 Å². The Hall–Kier alpha value is -1.68. The van der Waals surface area contributed by atoms with Crippen molar-refractivity contribution in [1.29, 1.82) is 0 Å². The van der Waals surface area contributed by atoms with Gasteiger partial charge in [-0.25, -0.2) is 0 Å². The average Bonchev–Trinajstić information content (AvgIpc) is 2.47. The number of nitrogens with one attached hydrogen (secondary N) is 1. The monoisotopic (exact) mass is 261 g/mol. The largest absolute Gasteiger partial charge is 0.378 e. The van der Waals surface area contributed by atoms with Crippen molar-refractivity contribution in [1.82, 2.24) is 0 Å². The smallest absolute Gasteiger partial charge is 0.224 e. The molecule has 2 rings (SSSR count). The molecule has 1 N–H and O–H groups in total. The van der Waals surface area contributed by atoms with Crippen LogP contribution in [0.5, 0.6) is 0 Å². The Morgan fingerprint density at radius 1 is 1.32 bits per heavy atom. The van der Waals surface area contributed by atoms with Crippen LogP contribution in [-0.4, -0.2) is 24.9 Å². The lowest BCUT2D eigenvalue weighted by molar-refractivity contribution is -0.117. The molecule has 4 nitrogen and oxygen atoms in total. The van der Waals surface area contributed by atoms with Crippen LogP contribution in [0.3, 0.4) is 0 Å². The van der Waals surface area contributed by atoms with E-state index in [-0.39, 0.29) is 12.0 Å². The number of rotatable bonds is 5. The quantitative estimate of drug-likeness (QED) is 0.829. The highest BCUT2D eigenvalue weighted by atomic mass is 16.5. The van der Waals surface area contributed by atoms with E-state index in [0.717, 1.165) is 37.8 Å². The van der Waals surface area contributed by atoms with Gasteiger partial charge in [0.2, 0.25) is 5.91 Å². The van der Waals surface area contributed by atoms with E-state index in [4.69, 9.17) is 4.74 Å². The second kappa shape index (κ2) is 7.04. The van der Waals surface area contributed by atoms with Crippen LogP contribution in [0.1, 0.15) is 42.5 Å². The summed E-state index contributed by atoms with van der Waals surface area (Å²) in [5.74, 6) is -0.00646. The van der Waals surface area contributed by atoms with Crippen LogP contribution in [0.4, 0.5) is 5.69 Å². The first-order valence-corrected chi connectivity index (χ1v) is 6.74. The summed E-state index contributed by atoms with van der Waals surface area (Å²) in [6.45, 7) is 0.819. The zero-order chi connectivity index (χ0) is 13.5. The van der Waals surface area contributed by atoms with Crippen LogP contribution in [0.15, 0.2) is 24.3 Å². The van der Waals surface area contributed by atoms with Gasteiger partial charge in [0.1, 0.15) is 6.29 Å². The van der Waals surface area contributed by atoms with Gasteiger partial charge in [0.25, 0.3) is 0 Å². The van der Waals surface area contributed by atoms with Gasteiger partial charge in [-0.2, -0.15) is 0 Å². The molecule has 1 atom stereocenters. The van der Waals surface area contributed by atoms with Gasteiger partial charge in [-0.05, 0) is 49.9 Å². The molecule has 0 spiro atoms. The van der Waals surface area contributed by atoms with E-state index in [1.54, 1.807) is 24.3 Å². The molecule has 0 bridgehead atoms. The number of carbonyl (C=O) groups excluding carboxylic acids is 2. The molecule has 102 valence electrons. The van der Waals surface area contributed by atoms with E-state index >= 15 is 0 Å². The van der Waals surface area contributed by atoms with Gasteiger partial charge in [0.05, 0.1) is 6.10 Å². The minimum Gasteiger partial charge on any atom is -0.378 e. The molecule has 0 radical (unpaired) electrons. The summed E-state index contributed by atoms with van der Waals surface area (Å²) in [5, 5.41) is 2.82. The van der Waals surface area contributed by atoms with Crippen molar-refractivity contribution in [2.24, 2.45) is 0 Å². The summed E-state index contributed by atoms with van der Waals surface area (Å²) in [6, 6.07) is 6.84. The highest BCUT2D eigenvalue weighted by Gasteiger charge is 2.15. The predicted octanol–water partition coefficient (Wildman–Crippen LogP) is 2.79. The number of carbonyl (C=O) groups is 2. The number of hydrogen-bond donors (Lipinski definition) is 1. The first-order chi connectivity index (χ1) is 9.28. The van der Waals surface area contributed by atoms with Gasteiger partial charge in [-0.1, -0.05) is 0 Å². The highest BCUT2D eigenvalue weighted by Crippen LogP contribution is 2.17. The molecule has 1 aromatic rings. The molecule has 0 saturated carbocycles. The standard InChI is InChI=1S/C15H19NO3/c17-11-12-4-6-13(7-5-12)16-15(18)9-8-14-3-1-2-10-19-14/h4-7,11,14H,1-3,8-10H2,(H,16,18). The molecule has 0 aromatic heterocycles. The summed E-state index contributed by atoms with van der Waals surface area (Å²) in [6.07, 6.45) is 5.65. The van der Waals surface area contributed by atoms with E-state index in [2.05, 4.69) is 5.32 Å². The first kappa shape index (κ1) is 13.7. The molecule has 1 fully saturated rings. The van der Waals surface area contributed by atoms with Crippen molar-refractivity contribution in [3.05, 3.63) is 29.8 Å². The fraction of sp³-hybridized carbons (Fsp3) is 0.467. The van der Waals surface area contributed by atoms with Gasteiger partial charge >= 0.3 is 0 Å². The van der Waals surface area contributed by atoms with Gasteiger partial charge in [0.15, 0.2) is 0 Å². The van der Waals surface area contributed by atoms with Crippen LogP contribution in [0, 0.1) is 0 Å². The summed E-state index contributed by atoms with van der Waals surface area (Å²) in [5.41, 5.74) is 1.33.